The van der Waals surface area contributed by atoms with Crippen molar-refractivity contribution in [2.75, 3.05) is 0 Å². The number of phenolic OH excluding ortho intramolecular Hbond substituents is 3. The van der Waals surface area contributed by atoms with Crippen LogP contribution >= 0.6 is 0 Å². The summed E-state index contributed by atoms with van der Waals surface area (Å²) in [6.07, 6.45) is 6.63. The van der Waals surface area contributed by atoms with Gasteiger partial charge in [-0.15, -0.1) is 0 Å². The average Bonchev–Trinajstić information content (AvgIpc) is 2.84. The average molecular weight is 445 g/mol. The summed E-state index contributed by atoms with van der Waals surface area (Å²) in [7, 11) is 0. The van der Waals surface area contributed by atoms with E-state index in [1.54, 1.807) is 24.3 Å². The molecule has 0 spiro atoms. The fourth-order valence-corrected chi connectivity index (χ4v) is 5.76. The van der Waals surface area contributed by atoms with Crippen LogP contribution in [0.5, 0.6) is 17.2 Å². The summed E-state index contributed by atoms with van der Waals surface area (Å²) in [6.45, 7) is 4.60. The Bertz CT molecular complexity index is 966. The standard InChI is InChI=1S/C30H36O3/c1-3-21(2)20-29(22-4-10-26(31)11-5-22)23-16-18-30(19-17-23,24-6-12-27(32)13-7-24)25-8-14-28(33)15-9-25/h4-15,21,23,29,31-33H,3,16-20H2,1-2H3. The highest BCUT2D eigenvalue weighted by molar-refractivity contribution is 5.43. The van der Waals surface area contributed by atoms with Crippen LogP contribution in [-0.4, -0.2) is 15.3 Å². The van der Waals surface area contributed by atoms with Crippen LogP contribution in [0.15, 0.2) is 72.8 Å². The van der Waals surface area contributed by atoms with Crippen LogP contribution in [0.3, 0.4) is 0 Å². The van der Waals surface area contributed by atoms with E-state index in [0.717, 1.165) is 32.1 Å². The molecule has 3 N–H and O–H groups in total. The highest BCUT2D eigenvalue weighted by atomic mass is 16.3. The molecule has 1 saturated carbocycles. The van der Waals surface area contributed by atoms with Gasteiger partial charge < -0.3 is 15.3 Å². The first kappa shape index (κ1) is 23.2. The summed E-state index contributed by atoms with van der Waals surface area (Å²) in [5.74, 6) is 2.63. The number of benzene rings is 3. The van der Waals surface area contributed by atoms with Gasteiger partial charge in [-0.2, -0.15) is 0 Å². The van der Waals surface area contributed by atoms with E-state index in [9.17, 15) is 15.3 Å². The van der Waals surface area contributed by atoms with E-state index >= 15 is 0 Å². The minimum atomic E-state index is -0.117. The molecule has 3 aromatic rings. The zero-order chi connectivity index (χ0) is 23.4. The van der Waals surface area contributed by atoms with Crippen molar-refractivity contribution in [3.05, 3.63) is 89.5 Å². The van der Waals surface area contributed by atoms with Crippen LogP contribution in [-0.2, 0) is 5.41 Å². The highest BCUT2D eigenvalue weighted by Gasteiger charge is 2.40. The lowest BCUT2D eigenvalue weighted by atomic mass is 9.60. The van der Waals surface area contributed by atoms with E-state index in [2.05, 4.69) is 50.2 Å². The summed E-state index contributed by atoms with van der Waals surface area (Å²) < 4.78 is 0. The molecule has 1 aliphatic rings. The van der Waals surface area contributed by atoms with Gasteiger partial charge in [0, 0.05) is 5.41 Å². The molecule has 1 fully saturated rings. The van der Waals surface area contributed by atoms with Crippen LogP contribution in [0.25, 0.3) is 0 Å². The lowest BCUT2D eigenvalue weighted by Crippen LogP contribution is -2.35. The van der Waals surface area contributed by atoms with Gasteiger partial charge in [-0.3, -0.25) is 0 Å². The summed E-state index contributed by atoms with van der Waals surface area (Å²) in [5.41, 5.74) is 3.67. The molecule has 0 radical (unpaired) electrons. The maximum absolute atomic E-state index is 9.86. The number of aromatic hydroxyl groups is 3. The molecule has 2 atom stereocenters. The summed E-state index contributed by atoms with van der Waals surface area (Å²) >= 11 is 0. The van der Waals surface area contributed by atoms with Gasteiger partial charge in [0.15, 0.2) is 0 Å². The first-order chi connectivity index (χ1) is 15.9. The van der Waals surface area contributed by atoms with Crippen molar-refractivity contribution in [1.29, 1.82) is 0 Å². The zero-order valence-corrected chi connectivity index (χ0v) is 19.7. The smallest absolute Gasteiger partial charge is 0.115 e. The van der Waals surface area contributed by atoms with Gasteiger partial charge in [0.1, 0.15) is 17.2 Å². The fraction of sp³-hybridized carbons (Fsp3) is 0.400. The Kier molecular flexibility index (Phi) is 6.97. The first-order valence-corrected chi connectivity index (χ1v) is 12.3. The third-order valence-electron chi connectivity index (χ3n) is 7.97. The van der Waals surface area contributed by atoms with Gasteiger partial charge in [-0.1, -0.05) is 56.7 Å². The van der Waals surface area contributed by atoms with Gasteiger partial charge in [0.05, 0.1) is 0 Å². The van der Waals surface area contributed by atoms with Crippen molar-refractivity contribution in [2.45, 2.75) is 63.7 Å². The fourth-order valence-electron chi connectivity index (χ4n) is 5.76. The Balaban J connectivity index is 1.64. The van der Waals surface area contributed by atoms with Crippen molar-refractivity contribution in [3.8, 4) is 17.2 Å². The van der Waals surface area contributed by atoms with Crippen LogP contribution in [0, 0.1) is 11.8 Å². The molecule has 0 amide bonds. The summed E-state index contributed by atoms with van der Waals surface area (Å²) in [6, 6.07) is 23.2. The maximum Gasteiger partial charge on any atom is 0.115 e. The second kappa shape index (κ2) is 9.91. The second-order valence-electron chi connectivity index (χ2n) is 9.96. The Hall–Kier alpha value is -2.94. The largest absolute Gasteiger partial charge is 0.508 e. The Morgan fingerprint density at radius 3 is 1.58 bits per heavy atom. The topological polar surface area (TPSA) is 60.7 Å². The normalized spacial score (nSPS) is 18.0. The molecule has 33 heavy (non-hydrogen) atoms. The van der Waals surface area contributed by atoms with E-state index in [0.29, 0.717) is 23.5 Å². The van der Waals surface area contributed by atoms with E-state index < -0.39 is 0 Å². The molecule has 3 heteroatoms. The predicted octanol–water partition coefficient (Wildman–Crippen LogP) is 7.50. The van der Waals surface area contributed by atoms with Crippen LogP contribution in [0.1, 0.15) is 75.0 Å². The highest BCUT2D eigenvalue weighted by Crippen LogP contribution is 2.51. The molecule has 2 unspecified atom stereocenters. The number of hydrogen-bond donors (Lipinski definition) is 3. The van der Waals surface area contributed by atoms with Crippen molar-refractivity contribution < 1.29 is 15.3 Å². The van der Waals surface area contributed by atoms with Gasteiger partial charge in [-0.25, -0.2) is 0 Å². The van der Waals surface area contributed by atoms with E-state index in [1.165, 1.54) is 23.1 Å². The lowest BCUT2D eigenvalue weighted by molar-refractivity contribution is 0.217. The number of phenols is 3. The van der Waals surface area contributed by atoms with E-state index in [-0.39, 0.29) is 16.9 Å². The van der Waals surface area contributed by atoms with Crippen LogP contribution in [0.4, 0.5) is 0 Å². The third-order valence-corrected chi connectivity index (χ3v) is 7.97. The van der Waals surface area contributed by atoms with E-state index in [4.69, 9.17) is 0 Å². The molecule has 0 aromatic heterocycles. The van der Waals surface area contributed by atoms with Crippen molar-refractivity contribution in [3.63, 3.8) is 0 Å². The molecular weight excluding hydrogens is 408 g/mol. The summed E-state index contributed by atoms with van der Waals surface area (Å²) in [5, 5.41) is 29.5. The monoisotopic (exact) mass is 444 g/mol. The first-order valence-electron chi connectivity index (χ1n) is 12.3. The minimum absolute atomic E-state index is 0.117. The molecule has 1 aliphatic carbocycles. The third kappa shape index (κ3) is 5.03. The SMILES string of the molecule is CCC(C)CC(c1ccc(O)cc1)C1CCC(c2ccc(O)cc2)(c2ccc(O)cc2)CC1. The Morgan fingerprint density at radius 2 is 1.15 bits per heavy atom. The molecule has 0 heterocycles. The molecule has 0 saturated heterocycles. The molecule has 4 rings (SSSR count). The van der Waals surface area contributed by atoms with Crippen LogP contribution in [0.2, 0.25) is 0 Å². The molecule has 0 aliphatic heterocycles. The molecule has 3 aromatic carbocycles. The van der Waals surface area contributed by atoms with Crippen molar-refractivity contribution in [1.82, 2.24) is 0 Å². The molecular formula is C30H36O3. The van der Waals surface area contributed by atoms with E-state index in [1.807, 2.05) is 12.1 Å². The van der Waals surface area contributed by atoms with Crippen molar-refractivity contribution in [2.24, 2.45) is 11.8 Å². The van der Waals surface area contributed by atoms with Gasteiger partial charge >= 0.3 is 0 Å². The lowest BCUT2D eigenvalue weighted by Gasteiger charge is -2.44. The van der Waals surface area contributed by atoms with Gasteiger partial charge in [0.2, 0.25) is 0 Å². The predicted molar refractivity (Wildman–Crippen MR) is 134 cm³/mol. The molecule has 174 valence electrons. The maximum atomic E-state index is 9.86. The summed E-state index contributed by atoms with van der Waals surface area (Å²) in [4.78, 5) is 0. The number of rotatable bonds is 7. The van der Waals surface area contributed by atoms with Crippen molar-refractivity contribution >= 4 is 0 Å². The zero-order valence-electron chi connectivity index (χ0n) is 19.7. The second-order valence-corrected chi connectivity index (χ2v) is 9.96. The van der Waals surface area contributed by atoms with Gasteiger partial charge in [0.25, 0.3) is 0 Å². The quantitative estimate of drug-likeness (QED) is 0.353. The Labute approximate surface area is 197 Å². The molecule has 0 bridgehead atoms. The Morgan fingerprint density at radius 1 is 0.727 bits per heavy atom. The number of hydrogen-bond acceptors (Lipinski definition) is 3. The minimum Gasteiger partial charge on any atom is -0.508 e. The van der Waals surface area contributed by atoms with Gasteiger partial charge in [-0.05, 0) is 103 Å². The molecule has 3 nitrogen and oxygen atoms in total. The van der Waals surface area contributed by atoms with Crippen LogP contribution < -0.4 is 0 Å².